The topological polar surface area (TPSA) is 61.9 Å². The van der Waals surface area contributed by atoms with E-state index in [1.54, 1.807) is 12.1 Å². The van der Waals surface area contributed by atoms with Crippen LogP contribution in [0.15, 0.2) is 48.5 Å². The molecule has 2 aromatic carbocycles. The summed E-state index contributed by atoms with van der Waals surface area (Å²) in [6, 6.07) is 15.2. The molecule has 7 heteroatoms. The highest BCUT2D eigenvalue weighted by atomic mass is 19.3. The lowest BCUT2D eigenvalue weighted by atomic mass is 9.78. The molecule has 5 nitrogen and oxygen atoms in total. The molecule has 2 atom stereocenters. The summed E-state index contributed by atoms with van der Waals surface area (Å²) >= 11 is 0. The first-order chi connectivity index (χ1) is 14.3. The number of aliphatic hydroxyl groups is 2. The highest BCUT2D eigenvalue weighted by molar-refractivity contribution is 5.41. The smallest absolute Gasteiger partial charge is 0.267 e. The van der Waals surface area contributed by atoms with Crippen molar-refractivity contribution in [3.05, 3.63) is 59.7 Å². The molecule has 1 heterocycles. The predicted molar refractivity (Wildman–Crippen MR) is 110 cm³/mol. The van der Waals surface area contributed by atoms with Crippen LogP contribution in [-0.4, -0.2) is 66.6 Å². The molecule has 0 spiro atoms. The molecule has 0 aromatic heterocycles. The van der Waals surface area contributed by atoms with Gasteiger partial charge in [-0.25, -0.2) is 8.78 Å². The Morgan fingerprint density at radius 1 is 0.900 bits per heavy atom. The first kappa shape index (κ1) is 22.5. The van der Waals surface area contributed by atoms with Gasteiger partial charge in [-0.15, -0.1) is 0 Å². The Morgan fingerprint density at radius 3 is 1.77 bits per heavy atom. The molecule has 2 unspecified atom stereocenters. The van der Waals surface area contributed by atoms with Gasteiger partial charge < -0.3 is 19.7 Å². The van der Waals surface area contributed by atoms with Crippen LogP contribution in [0.5, 0.6) is 11.5 Å². The molecule has 1 aliphatic heterocycles. The molecular weight excluding hydrogens is 392 g/mol. The number of benzene rings is 2. The molecule has 30 heavy (non-hydrogen) atoms. The minimum Gasteiger partial charge on any atom is -0.492 e. The van der Waals surface area contributed by atoms with Crippen molar-refractivity contribution < 1.29 is 28.5 Å². The zero-order valence-corrected chi connectivity index (χ0v) is 17.3. The van der Waals surface area contributed by atoms with Gasteiger partial charge in [-0.05, 0) is 35.4 Å². The van der Waals surface area contributed by atoms with Crippen LogP contribution >= 0.6 is 0 Å². The largest absolute Gasteiger partial charge is 0.492 e. The van der Waals surface area contributed by atoms with E-state index in [-0.39, 0.29) is 18.1 Å². The molecule has 0 amide bonds. The lowest BCUT2D eigenvalue weighted by Crippen LogP contribution is -2.30. The standard InChI is InChI=1S/C23H29F2NO4/c1-23(2,17-5-9-20(10-6-17)30-15-21(28)22(24)25)16-3-7-19(8-4-16)29-14-18(13-27)26-11-12-26/h3-10,18,21-22,27-28H,11-15H2,1-2H3. The summed E-state index contributed by atoms with van der Waals surface area (Å²) in [5.41, 5.74) is 1.86. The molecule has 0 bridgehead atoms. The van der Waals surface area contributed by atoms with Gasteiger partial charge in [0.05, 0.1) is 12.6 Å². The van der Waals surface area contributed by atoms with Crippen molar-refractivity contribution in [3.63, 3.8) is 0 Å². The second-order valence-electron chi connectivity index (χ2n) is 8.07. The Bertz CT molecular complexity index is 792. The van der Waals surface area contributed by atoms with Crippen molar-refractivity contribution in [1.29, 1.82) is 0 Å². The first-order valence-electron chi connectivity index (χ1n) is 10.1. The van der Waals surface area contributed by atoms with Gasteiger partial charge in [-0.2, -0.15) is 0 Å². The van der Waals surface area contributed by atoms with Crippen LogP contribution in [0.1, 0.15) is 25.0 Å². The fourth-order valence-corrected chi connectivity index (χ4v) is 3.25. The van der Waals surface area contributed by atoms with Crippen molar-refractivity contribution in [3.8, 4) is 11.5 Å². The van der Waals surface area contributed by atoms with Crippen molar-refractivity contribution in [2.24, 2.45) is 0 Å². The highest BCUT2D eigenvalue weighted by Crippen LogP contribution is 2.33. The van der Waals surface area contributed by atoms with Gasteiger partial charge in [0.25, 0.3) is 6.43 Å². The lowest BCUT2D eigenvalue weighted by molar-refractivity contribution is -0.0283. The molecule has 1 aliphatic rings. The third kappa shape index (κ3) is 5.68. The number of hydrogen-bond acceptors (Lipinski definition) is 5. The molecule has 0 radical (unpaired) electrons. The highest BCUT2D eigenvalue weighted by Gasteiger charge is 2.27. The van der Waals surface area contributed by atoms with Crippen LogP contribution in [0.4, 0.5) is 8.78 Å². The van der Waals surface area contributed by atoms with Gasteiger partial charge in [0.15, 0.2) is 0 Å². The number of nitrogens with zero attached hydrogens (tertiary/aromatic N) is 1. The summed E-state index contributed by atoms with van der Waals surface area (Å²) in [4.78, 5) is 2.17. The molecule has 1 saturated heterocycles. The van der Waals surface area contributed by atoms with Crippen LogP contribution < -0.4 is 9.47 Å². The van der Waals surface area contributed by atoms with Crippen LogP contribution in [0, 0.1) is 0 Å². The lowest BCUT2D eigenvalue weighted by Gasteiger charge is -2.26. The van der Waals surface area contributed by atoms with Gasteiger partial charge in [0.2, 0.25) is 0 Å². The molecule has 164 valence electrons. The summed E-state index contributed by atoms with van der Waals surface area (Å²) in [5.74, 6) is 1.19. The van der Waals surface area contributed by atoms with Crippen molar-refractivity contribution >= 4 is 0 Å². The van der Waals surface area contributed by atoms with E-state index >= 15 is 0 Å². The number of halogens is 2. The Balaban J connectivity index is 1.60. The van der Waals surface area contributed by atoms with Gasteiger partial charge in [-0.1, -0.05) is 38.1 Å². The Hall–Kier alpha value is -2.22. The number of alkyl halides is 2. The molecule has 0 aliphatic carbocycles. The summed E-state index contributed by atoms with van der Waals surface area (Å²) < 4.78 is 35.8. The van der Waals surface area contributed by atoms with E-state index in [1.807, 2.05) is 36.4 Å². The maximum absolute atomic E-state index is 12.4. The second kappa shape index (κ2) is 9.73. The maximum Gasteiger partial charge on any atom is 0.267 e. The van der Waals surface area contributed by atoms with Gasteiger partial charge in [-0.3, -0.25) is 4.90 Å². The molecule has 2 aromatic rings. The average Bonchev–Trinajstić information content (AvgIpc) is 3.58. The van der Waals surface area contributed by atoms with E-state index in [9.17, 15) is 13.9 Å². The van der Waals surface area contributed by atoms with E-state index in [0.717, 1.165) is 30.0 Å². The Morgan fingerprint density at radius 2 is 1.37 bits per heavy atom. The fraction of sp³-hybridized carbons (Fsp3) is 0.478. The monoisotopic (exact) mass is 421 g/mol. The average molecular weight is 421 g/mol. The molecule has 0 saturated carbocycles. The third-order valence-corrected chi connectivity index (χ3v) is 5.51. The Kier molecular flexibility index (Phi) is 7.28. The van der Waals surface area contributed by atoms with Gasteiger partial charge in [0.1, 0.15) is 30.8 Å². The first-order valence-corrected chi connectivity index (χ1v) is 10.1. The summed E-state index contributed by atoms with van der Waals surface area (Å²) in [5, 5.41) is 18.6. The van der Waals surface area contributed by atoms with E-state index < -0.39 is 19.1 Å². The minimum atomic E-state index is -2.82. The van der Waals surface area contributed by atoms with Gasteiger partial charge in [0, 0.05) is 18.5 Å². The van der Waals surface area contributed by atoms with Crippen LogP contribution in [-0.2, 0) is 5.41 Å². The van der Waals surface area contributed by atoms with E-state index in [1.165, 1.54) is 0 Å². The predicted octanol–water partition coefficient (Wildman–Crippen LogP) is 3.07. The molecule has 2 N–H and O–H groups in total. The van der Waals surface area contributed by atoms with E-state index in [2.05, 4.69) is 18.7 Å². The summed E-state index contributed by atoms with van der Waals surface area (Å²) in [7, 11) is 0. The van der Waals surface area contributed by atoms with Crippen LogP contribution in [0.3, 0.4) is 0 Å². The summed E-state index contributed by atoms with van der Waals surface area (Å²) in [6.45, 7) is 6.32. The third-order valence-electron chi connectivity index (χ3n) is 5.51. The normalized spacial score (nSPS) is 16.4. The quantitative estimate of drug-likeness (QED) is 0.546. The maximum atomic E-state index is 12.4. The summed E-state index contributed by atoms with van der Waals surface area (Å²) in [6.07, 6.45) is -4.62. The molecule has 3 rings (SSSR count). The number of rotatable bonds is 11. The van der Waals surface area contributed by atoms with Crippen molar-refractivity contribution in [1.82, 2.24) is 4.90 Å². The fourth-order valence-electron chi connectivity index (χ4n) is 3.25. The zero-order valence-electron chi connectivity index (χ0n) is 17.3. The molecule has 1 fully saturated rings. The zero-order chi connectivity index (χ0) is 21.7. The van der Waals surface area contributed by atoms with Crippen LogP contribution in [0.2, 0.25) is 0 Å². The van der Waals surface area contributed by atoms with E-state index in [0.29, 0.717) is 12.4 Å². The number of ether oxygens (including phenoxy) is 2. The second-order valence-corrected chi connectivity index (χ2v) is 8.07. The van der Waals surface area contributed by atoms with Gasteiger partial charge >= 0.3 is 0 Å². The SMILES string of the molecule is CC(C)(c1ccc(OCC(O)C(F)F)cc1)c1ccc(OCC(CO)N2CC2)cc1. The van der Waals surface area contributed by atoms with Crippen molar-refractivity contribution in [2.75, 3.05) is 32.9 Å². The number of aliphatic hydroxyl groups excluding tert-OH is 2. The van der Waals surface area contributed by atoms with Crippen LogP contribution in [0.25, 0.3) is 0 Å². The Labute approximate surface area is 175 Å². The minimum absolute atomic E-state index is 0.0451. The van der Waals surface area contributed by atoms with Crippen molar-refractivity contribution in [2.45, 2.75) is 37.8 Å². The molecular formula is C23H29F2NO4. The van der Waals surface area contributed by atoms with E-state index in [4.69, 9.17) is 14.6 Å². The number of hydrogen-bond donors (Lipinski definition) is 2.